The second-order valence-electron chi connectivity index (χ2n) is 5.87. The van der Waals surface area contributed by atoms with Gasteiger partial charge >= 0.3 is 0 Å². The van der Waals surface area contributed by atoms with Crippen LogP contribution in [0.25, 0.3) is 0 Å². The highest BCUT2D eigenvalue weighted by atomic mass is 15.1. The minimum Gasteiger partial charge on any atom is -0.370 e. The molecule has 1 aromatic heterocycles. The Balaban J connectivity index is 1.76. The number of nitrogens with one attached hydrogen (secondary N) is 2. The number of anilines is 2. The summed E-state index contributed by atoms with van der Waals surface area (Å²) in [6, 6.07) is 12.6. The van der Waals surface area contributed by atoms with E-state index < -0.39 is 0 Å². The fraction of sp³-hybridized carbons (Fsp3) is 0.474. The van der Waals surface area contributed by atoms with Crippen LogP contribution < -0.4 is 10.6 Å². The fourth-order valence-corrected chi connectivity index (χ4v) is 2.47. The van der Waals surface area contributed by atoms with E-state index in [-0.39, 0.29) is 0 Å². The third-order valence-electron chi connectivity index (χ3n) is 3.71. The Hall–Kier alpha value is -2.10. The summed E-state index contributed by atoms with van der Waals surface area (Å²) in [6.45, 7) is 6.08. The first-order chi connectivity index (χ1) is 11.3. The fourth-order valence-electron chi connectivity index (χ4n) is 2.47. The van der Waals surface area contributed by atoms with Crippen LogP contribution in [0, 0.1) is 6.92 Å². The average Bonchev–Trinajstić information content (AvgIpc) is 2.56. The lowest BCUT2D eigenvalue weighted by Crippen LogP contribution is -2.10. The molecule has 0 aliphatic carbocycles. The molecule has 2 rings (SSSR count). The van der Waals surface area contributed by atoms with Crippen molar-refractivity contribution >= 4 is 11.8 Å². The lowest BCUT2D eigenvalue weighted by Gasteiger charge is -2.10. The van der Waals surface area contributed by atoms with E-state index in [4.69, 9.17) is 0 Å². The molecule has 0 saturated carbocycles. The maximum absolute atomic E-state index is 4.54. The topological polar surface area (TPSA) is 49.8 Å². The molecule has 4 heteroatoms. The molecule has 1 heterocycles. The SMILES string of the molecule is CCCCCNc1cc(C)nc(NCCCc2ccccc2)n1. The van der Waals surface area contributed by atoms with E-state index in [1.54, 1.807) is 0 Å². The van der Waals surface area contributed by atoms with Crippen molar-refractivity contribution in [3.63, 3.8) is 0 Å². The van der Waals surface area contributed by atoms with Crippen molar-refractivity contribution in [3.8, 4) is 0 Å². The van der Waals surface area contributed by atoms with E-state index in [0.717, 1.165) is 43.4 Å². The Morgan fingerprint density at radius 1 is 0.913 bits per heavy atom. The van der Waals surface area contributed by atoms with Gasteiger partial charge in [0.05, 0.1) is 0 Å². The molecule has 0 unspecified atom stereocenters. The van der Waals surface area contributed by atoms with Gasteiger partial charge in [0.1, 0.15) is 5.82 Å². The van der Waals surface area contributed by atoms with Crippen molar-refractivity contribution in [1.82, 2.24) is 9.97 Å². The predicted molar refractivity (Wildman–Crippen MR) is 98.0 cm³/mol. The van der Waals surface area contributed by atoms with Crippen LogP contribution in [0.1, 0.15) is 43.9 Å². The number of aryl methyl sites for hydroxylation is 2. The summed E-state index contributed by atoms with van der Waals surface area (Å²) in [4.78, 5) is 9.00. The molecular formula is C19H28N4. The van der Waals surface area contributed by atoms with Gasteiger partial charge in [-0.3, -0.25) is 0 Å². The largest absolute Gasteiger partial charge is 0.370 e. The summed E-state index contributed by atoms with van der Waals surface area (Å²) in [5, 5.41) is 6.72. The van der Waals surface area contributed by atoms with E-state index >= 15 is 0 Å². The lowest BCUT2D eigenvalue weighted by molar-refractivity contribution is 0.742. The van der Waals surface area contributed by atoms with Crippen LogP contribution in [0.15, 0.2) is 36.4 Å². The lowest BCUT2D eigenvalue weighted by atomic mass is 10.1. The zero-order chi connectivity index (χ0) is 16.3. The number of hydrogen-bond donors (Lipinski definition) is 2. The molecule has 0 amide bonds. The Kier molecular flexibility index (Phi) is 7.37. The van der Waals surface area contributed by atoms with E-state index in [9.17, 15) is 0 Å². The molecule has 0 spiro atoms. The third-order valence-corrected chi connectivity index (χ3v) is 3.71. The van der Waals surface area contributed by atoms with Crippen LogP contribution in [0.3, 0.4) is 0 Å². The normalized spacial score (nSPS) is 10.5. The second kappa shape index (κ2) is 9.82. The smallest absolute Gasteiger partial charge is 0.224 e. The molecule has 4 nitrogen and oxygen atoms in total. The average molecular weight is 312 g/mol. The summed E-state index contributed by atoms with van der Waals surface area (Å²) in [6.07, 6.45) is 5.81. The summed E-state index contributed by atoms with van der Waals surface area (Å²) in [5.74, 6) is 1.63. The highest BCUT2D eigenvalue weighted by molar-refractivity contribution is 5.42. The van der Waals surface area contributed by atoms with Gasteiger partial charge in [-0.1, -0.05) is 50.1 Å². The van der Waals surface area contributed by atoms with Gasteiger partial charge in [-0.25, -0.2) is 4.98 Å². The van der Waals surface area contributed by atoms with E-state index in [1.165, 1.54) is 24.8 Å². The van der Waals surface area contributed by atoms with E-state index in [0.29, 0.717) is 0 Å². The van der Waals surface area contributed by atoms with Crippen LogP contribution in [-0.4, -0.2) is 23.1 Å². The van der Waals surface area contributed by atoms with Crippen molar-refractivity contribution in [2.24, 2.45) is 0 Å². The van der Waals surface area contributed by atoms with Crippen LogP contribution in [0.4, 0.5) is 11.8 Å². The van der Waals surface area contributed by atoms with Gasteiger partial charge in [-0.15, -0.1) is 0 Å². The van der Waals surface area contributed by atoms with Gasteiger partial charge in [0.25, 0.3) is 0 Å². The molecule has 0 aliphatic heterocycles. The first-order valence-corrected chi connectivity index (χ1v) is 8.65. The monoisotopic (exact) mass is 312 g/mol. The minimum absolute atomic E-state index is 0.719. The summed E-state index contributed by atoms with van der Waals surface area (Å²) < 4.78 is 0. The Morgan fingerprint density at radius 2 is 1.70 bits per heavy atom. The molecule has 23 heavy (non-hydrogen) atoms. The number of nitrogens with zero attached hydrogens (tertiary/aromatic N) is 2. The molecule has 0 fully saturated rings. The maximum Gasteiger partial charge on any atom is 0.224 e. The van der Waals surface area contributed by atoms with E-state index in [1.807, 2.05) is 13.0 Å². The quantitative estimate of drug-likeness (QED) is 0.637. The molecule has 0 aliphatic rings. The standard InChI is InChI=1S/C19H28N4/c1-3-4-8-13-20-18-15-16(2)22-19(23-18)21-14-9-12-17-10-6-5-7-11-17/h5-7,10-11,15H,3-4,8-9,12-14H2,1-2H3,(H2,20,21,22,23). The Bertz CT molecular complexity index is 569. The number of benzene rings is 1. The first-order valence-electron chi connectivity index (χ1n) is 8.65. The van der Waals surface area contributed by atoms with Crippen LogP contribution >= 0.6 is 0 Å². The van der Waals surface area contributed by atoms with Gasteiger partial charge in [-0.2, -0.15) is 4.98 Å². The van der Waals surface area contributed by atoms with Crippen molar-refractivity contribution in [3.05, 3.63) is 47.7 Å². The Morgan fingerprint density at radius 3 is 2.48 bits per heavy atom. The number of rotatable bonds is 10. The number of unbranched alkanes of at least 4 members (excludes halogenated alkanes) is 2. The number of hydrogen-bond acceptors (Lipinski definition) is 4. The highest BCUT2D eigenvalue weighted by Crippen LogP contribution is 2.10. The molecule has 2 N–H and O–H groups in total. The third kappa shape index (κ3) is 6.68. The maximum atomic E-state index is 4.54. The summed E-state index contributed by atoms with van der Waals surface area (Å²) in [7, 11) is 0. The molecule has 0 bridgehead atoms. The zero-order valence-corrected chi connectivity index (χ0v) is 14.3. The van der Waals surface area contributed by atoms with Gasteiger partial charge in [0, 0.05) is 24.8 Å². The van der Waals surface area contributed by atoms with E-state index in [2.05, 4.69) is 57.9 Å². The van der Waals surface area contributed by atoms with Gasteiger partial charge in [0.2, 0.25) is 5.95 Å². The van der Waals surface area contributed by atoms with Gasteiger partial charge in [-0.05, 0) is 31.7 Å². The van der Waals surface area contributed by atoms with Crippen LogP contribution in [0.2, 0.25) is 0 Å². The zero-order valence-electron chi connectivity index (χ0n) is 14.3. The molecule has 2 aromatic rings. The van der Waals surface area contributed by atoms with Crippen molar-refractivity contribution in [1.29, 1.82) is 0 Å². The van der Waals surface area contributed by atoms with Gasteiger partial charge < -0.3 is 10.6 Å². The molecule has 0 atom stereocenters. The Labute approximate surface area is 139 Å². The molecular weight excluding hydrogens is 284 g/mol. The molecule has 0 saturated heterocycles. The molecule has 0 radical (unpaired) electrons. The van der Waals surface area contributed by atoms with Crippen LogP contribution in [0.5, 0.6) is 0 Å². The predicted octanol–water partition coefficient (Wildman–Crippen LogP) is 4.43. The molecule has 1 aromatic carbocycles. The highest BCUT2D eigenvalue weighted by Gasteiger charge is 2.02. The van der Waals surface area contributed by atoms with Crippen molar-refractivity contribution in [2.45, 2.75) is 46.0 Å². The molecule has 124 valence electrons. The summed E-state index contributed by atoms with van der Waals surface area (Å²) in [5.41, 5.74) is 2.36. The minimum atomic E-state index is 0.719. The summed E-state index contributed by atoms with van der Waals surface area (Å²) >= 11 is 0. The first kappa shape index (κ1) is 17.3. The van der Waals surface area contributed by atoms with Crippen molar-refractivity contribution in [2.75, 3.05) is 23.7 Å². The van der Waals surface area contributed by atoms with Crippen molar-refractivity contribution < 1.29 is 0 Å². The second-order valence-corrected chi connectivity index (χ2v) is 5.87. The van der Waals surface area contributed by atoms with Gasteiger partial charge in [0.15, 0.2) is 0 Å². The number of aromatic nitrogens is 2. The van der Waals surface area contributed by atoms with Crippen LogP contribution in [-0.2, 0) is 6.42 Å².